The summed E-state index contributed by atoms with van der Waals surface area (Å²) in [6, 6.07) is 6.41. The Hall–Kier alpha value is -1.55. The van der Waals surface area contributed by atoms with Gasteiger partial charge < -0.3 is 14.6 Å². The van der Waals surface area contributed by atoms with Crippen LogP contribution in [0.4, 0.5) is 0 Å². The first-order chi connectivity index (χ1) is 8.11. The normalized spacial score (nSPS) is 11.4. The van der Waals surface area contributed by atoms with Crippen LogP contribution in [0.5, 0.6) is 5.75 Å². The fourth-order valence-corrected chi connectivity index (χ4v) is 1.80. The van der Waals surface area contributed by atoms with Gasteiger partial charge in [0.15, 0.2) is 0 Å². The number of rotatable bonds is 4. The molecule has 4 heteroatoms. The zero-order chi connectivity index (χ0) is 12.4. The summed E-state index contributed by atoms with van der Waals surface area (Å²) in [5.41, 5.74) is 2.11. The highest BCUT2D eigenvalue weighted by atomic mass is 16.5. The van der Waals surface area contributed by atoms with Gasteiger partial charge in [0.2, 0.25) is 0 Å². The molecule has 2 aromatic rings. The summed E-state index contributed by atoms with van der Waals surface area (Å²) in [4.78, 5) is 4.60. The number of ether oxygens (including phenoxy) is 1. The SMILES string of the molecule is COc1ccc2nc(CNC(C)C)n(C)c2c1. The molecule has 17 heavy (non-hydrogen) atoms. The zero-order valence-electron chi connectivity index (χ0n) is 10.8. The highest BCUT2D eigenvalue weighted by Crippen LogP contribution is 2.20. The zero-order valence-corrected chi connectivity index (χ0v) is 10.8. The fourth-order valence-electron chi connectivity index (χ4n) is 1.80. The number of hydrogen-bond donors (Lipinski definition) is 1. The number of methoxy groups -OCH3 is 1. The molecule has 92 valence electrons. The quantitative estimate of drug-likeness (QED) is 0.878. The monoisotopic (exact) mass is 233 g/mol. The van der Waals surface area contributed by atoms with Gasteiger partial charge in [0.1, 0.15) is 11.6 Å². The lowest BCUT2D eigenvalue weighted by Crippen LogP contribution is -2.23. The van der Waals surface area contributed by atoms with Gasteiger partial charge in [-0.2, -0.15) is 0 Å². The summed E-state index contributed by atoms with van der Waals surface area (Å²) in [7, 11) is 3.71. The maximum Gasteiger partial charge on any atom is 0.123 e. The summed E-state index contributed by atoms with van der Waals surface area (Å²) >= 11 is 0. The van der Waals surface area contributed by atoms with E-state index in [4.69, 9.17) is 4.74 Å². The molecule has 0 atom stereocenters. The van der Waals surface area contributed by atoms with Crippen LogP contribution in [-0.4, -0.2) is 22.7 Å². The van der Waals surface area contributed by atoms with E-state index in [-0.39, 0.29) is 0 Å². The van der Waals surface area contributed by atoms with Gasteiger partial charge in [-0.05, 0) is 12.1 Å². The van der Waals surface area contributed by atoms with Crippen molar-refractivity contribution in [2.24, 2.45) is 7.05 Å². The third-order valence-electron chi connectivity index (χ3n) is 2.85. The molecule has 1 heterocycles. The van der Waals surface area contributed by atoms with Crippen LogP contribution in [0.15, 0.2) is 18.2 Å². The summed E-state index contributed by atoms with van der Waals surface area (Å²) in [6.45, 7) is 5.04. The van der Waals surface area contributed by atoms with E-state index in [9.17, 15) is 0 Å². The van der Waals surface area contributed by atoms with Gasteiger partial charge in [-0.1, -0.05) is 13.8 Å². The molecule has 0 bridgehead atoms. The van der Waals surface area contributed by atoms with E-state index < -0.39 is 0 Å². The van der Waals surface area contributed by atoms with Crippen molar-refractivity contribution in [3.8, 4) is 5.75 Å². The molecule has 0 saturated carbocycles. The number of fused-ring (bicyclic) bond motifs is 1. The third kappa shape index (κ3) is 2.42. The van der Waals surface area contributed by atoms with Gasteiger partial charge in [0.25, 0.3) is 0 Å². The molecular formula is C13H19N3O. The van der Waals surface area contributed by atoms with Gasteiger partial charge in [-0.25, -0.2) is 4.98 Å². The van der Waals surface area contributed by atoms with E-state index in [1.165, 1.54) is 0 Å². The molecule has 1 N–H and O–H groups in total. The second-order valence-electron chi connectivity index (χ2n) is 4.48. The Morgan fingerprint density at radius 1 is 1.41 bits per heavy atom. The van der Waals surface area contributed by atoms with Crippen molar-refractivity contribution in [1.82, 2.24) is 14.9 Å². The first-order valence-corrected chi connectivity index (χ1v) is 5.84. The molecule has 0 fully saturated rings. The van der Waals surface area contributed by atoms with Gasteiger partial charge in [0.05, 0.1) is 24.7 Å². The third-order valence-corrected chi connectivity index (χ3v) is 2.85. The number of hydrogen-bond acceptors (Lipinski definition) is 3. The number of aryl methyl sites for hydroxylation is 1. The van der Waals surface area contributed by atoms with E-state index in [2.05, 4.69) is 28.7 Å². The van der Waals surface area contributed by atoms with Gasteiger partial charge >= 0.3 is 0 Å². The topological polar surface area (TPSA) is 39.1 Å². The highest BCUT2D eigenvalue weighted by molar-refractivity contribution is 5.77. The largest absolute Gasteiger partial charge is 0.497 e. The molecule has 0 spiro atoms. The summed E-state index contributed by atoms with van der Waals surface area (Å²) in [5, 5.41) is 3.38. The number of nitrogens with one attached hydrogen (secondary N) is 1. The molecule has 0 aliphatic heterocycles. The molecule has 0 aliphatic rings. The van der Waals surface area contributed by atoms with Crippen LogP contribution in [0.2, 0.25) is 0 Å². The van der Waals surface area contributed by atoms with Crippen molar-refractivity contribution in [3.63, 3.8) is 0 Å². The van der Waals surface area contributed by atoms with Crippen LogP contribution in [-0.2, 0) is 13.6 Å². The predicted molar refractivity (Wildman–Crippen MR) is 69.2 cm³/mol. The summed E-state index contributed by atoms with van der Waals surface area (Å²) < 4.78 is 7.33. The van der Waals surface area contributed by atoms with Crippen molar-refractivity contribution in [3.05, 3.63) is 24.0 Å². The fraction of sp³-hybridized carbons (Fsp3) is 0.462. The highest BCUT2D eigenvalue weighted by Gasteiger charge is 2.08. The van der Waals surface area contributed by atoms with Crippen LogP contribution >= 0.6 is 0 Å². The van der Waals surface area contributed by atoms with E-state index in [0.717, 1.165) is 29.2 Å². The second-order valence-corrected chi connectivity index (χ2v) is 4.48. The molecule has 4 nitrogen and oxygen atoms in total. The Bertz CT molecular complexity index is 517. The van der Waals surface area contributed by atoms with Crippen molar-refractivity contribution in [1.29, 1.82) is 0 Å². The molecule has 0 saturated heterocycles. The Morgan fingerprint density at radius 2 is 2.18 bits per heavy atom. The molecule has 1 aromatic carbocycles. The Morgan fingerprint density at radius 3 is 2.82 bits per heavy atom. The van der Waals surface area contributed by atoms with Crippen LogP contribution in [0.3, 0.4) is 0 Å². The lowest BCUT2D eigenvalue weighted by atomic mass is 10.3. The van der Waals surface area contributed by atoms with Crippen LogP contribution in [0.25, 0.3) is 11.0 Å². The number of nitrogens with zero attached hydrogens (tertiary/aromatic N) is 2. The van der Waals surface area contributed by atoms with E-state index in [0.29, 0.717) is 6.04 Å². The minimum absolute atomic E-state index is 0.462. The van der Waals surface area contributed by atoms with Crippen LogP contribution in [0, 0.1) is 0 Å². The molecule has 2 rings (SSSR count). The van der Waals surface area contributed by atoms with Crippen molar-refractivity contribution in [2.45, 2.75) is 26.4 Å². The Balaban J connectivity index is 2.35. The van der Waals surface area contributed by atoms with Gasteiger partial charge in [0, 0.05) is 19.2 Å². The van der Waals surface area contributed by atoms with Crippen molar-refractivity contribution < 1.29 is 4.74 Å². The van der Waals surface area contributed by atoms with Crippen LogP contribution in [0.1, 0.15) is 19.7 Å². The van der Waals surface area contributed by atoms with Gasteiger partial charge in [-0.15, -0.1) is 0 Å². The number of aromatic nitrogens is 2. The molecule has 1 aromatic heterocycles. The number of benzene rings is 1. The first kappa shape index (κ1) is 11.9. The maximum absolute atomic E-state index is 5.23. The molecule has 0 radical (unpaired) electrons. The van der Waals surface area contributed by atoms with Crippen molar-refractivity contribution in [2.75, 3.05) is 7.11 Å². The van der Waals surface area contributed by atoms with E-state index in [1.807, 2.05) is 25.2 Å². The minimum atomic E-state index is 0.462. The maximum atomic E-state index is 5.23. The van der Waals surface area contributed by atoms with E-state index >= 15 is 0 Å². The van der Waals surface area contributed by atoms with Crippen LogP contribution < -0.4 is 10.1 Å². The first-order valence-electron chi connectivity index (χ1n) is 5.84. The minimum Gasteiger partial charge on any atom is -0.497 e. The lowest BCUT2D eigenvalue weighted by Gasteiger charge is -2.07. The average Bonchev–Trinajstić information content (AvgIpc) is 2.63. The lowest BCUT2D eigenvalue weighted by molar-refractivity contribution is 0.415. The summed E-state index contributed by atoms with van der Waals surface area (Å²) in [5.74, 6) is 1.91. The van der Waals surface area contributed by atoms with Crippen molar-refractivity contribution >= 4 is 11.0 Å². The smallest absolute Gasteiger partial charge is 0.123 e. The number of imidazole rings is 1. The van der Waals surface area contributed by atoms with Gasteiger partial charge in [-0.3, -0.25) is 0 Å². The molecule has 0 unspecified atom stereocenters. The predicted octanol–water partition coefficient (Wildman–Crippen LogP) is 2.08. The Labute approximate surface area is 102 Å². The second kappa shape index (κ2) is 4.75. The average molecular weight is 233 g/mol. The molecule has 0 amide bonds. The molecule has 0 aliphatic carbocycles. The molecular weight excluding hydrogens is 214 g/mol. The standard InChI is InChI=1S/C13H19N3O/c1-9(2)14-8-13-15-11-6-5-10(17-4)7-12(11)16(13)3/h5-7,9,14H,8H2,1-4H3. The van der Waals surface area contributed by atoms with E-state index in [1.54, 1.807) is 7.11 Å². The Kier molecular flexibility index (Phi) is 3.33. The summed E-state index contributed by atoms with van der Waals surface area (Å²) in [6.07, 6.45) is 0.